The van der Waals surface area contributed by atoms with Crippen LogP contribution in [-0.2, 0) is 17.8 Å². The number of urea groups is 1. The van der Waals surface area contributed by atoms with Crippen LogP contribution in [0.2, 0.25) is 10.0 Å². The molecule has 0 aliphatic carbocycles. The van der Waals surface area contributed by atoms with E-state index in [-0.39, 0.29) is 5.91 Å². The van der Waals surface area contributed by atoms with E-state index < -0.39 is 6.03 Å². The predicted octanol–water partition coefficient (Wildman–Crippen LogP) is 3.73. The van der Waals surface area contributed by atoms with E-state index in [4.69, 9.17) is 28.9 Å². The van der Waals surface area contributed by atoms with Gasteiger partial charge < -0.3 is 16.4 Å². The van der Waals surface area contributed by atoms with E-state index in [0.29, 0.717) is 35.1 Å². The lowest BCUT2D eigenvalue weighted by atomic mass is 10.1. The molecule has 2 aromatic carbocycles. The molecule has 0 radical (unpaired) electrons. The number of anilines is 1. The summed E-state index contributed by atoms with van der Waals surface area (Å²) in [4.78, 5) is 22.7. The Kier molecular flexibility index (Phi) is 6.46. The summed E-state index contributed by atoms with van der Waals surface area (Å²) >= 11 is 11.9. The first-order valence-electron chi connectivity index (χ1n) is 7.30. The van der Waals surface area contributed by atoms with E-state index in [9.17, 15) is 9.59 Å². The maximum atomic E-state index is 11.9. The number of carbonyl (C=O) groups is 2. The van der Waals surface area contributed by atoms with E-state index in [1.165, 1.54) is 0 Å². The number of primary amides is 1. The molecule has 5 nitrogen and oxygen atoms in total. The Hall–Kier alpha value is -2.24. The number of carbonyl (C=O) groups excluding carboxylic acids is 2. The molecule has 0 bridgehead atoms. The number of amides is 3. The minimum absolute atomic E-state index is 0.0691. The molecular formula is C17H17Cl2N3O2. The molecule has 2 aromatic rings. The summed E-state index contributed by atoms with van der Waals surface area (Å²) in [6.45, 7) is 0.407. The quantitative estimate of drug-likeness (QED) is 0.728. The summed E-state index contributed by atoms with van der Waals surface area (Å²) < 4.78 is 0. The largest absolute Gasteiger partial charge is 0.352 e. The zero-order valence-electron chi connectivity index (χ0n) is 12.8. The van der Waals surface area contributed by atoms with Gasteiger partial charge in [-0.2, -0.15) is 0 Å². The Morgan fingerprint density at radius 3 is 2.38 bits per heavy atom. The van der Waals surface area contributed by atoms with Gasteiger partial charge in [0.25, 0.3) is 0 Å². The first-order valence-corrected chi connectivity index (χ1v) is 8.05. The van der Waals surface area contributed by atoms with Crippen LogP contribution >= 0.6 is 23.2 Å². The van der Waals surface area contributed by atoms with Gasteiger partial charge in [-0.05, 0) is 41.8 Å². The number of rotatable bonds is 6. The average molecular weight is 366 g/mol. The lowest BCUT2D eigenvalue weighted by molar-refractivity contribution is -0.121. The summed E-state index contributed by atoms with van der Waals surface area (Å²) in [5, 5.41) is 6.45. The van der Waals surface area contributed by atoms with Crippen molar-refractivity contribution in [3.8, 4) is 0 Å². The Bertz CT molecular complexity index is 733. The molecule has 0 saturated heterocycles. The van der Waals surface area contributed by atoms with Crippen LogP contribution in [0.4, 0.5) is 10.5 Å². The number of hydrogen-bond donors (Lipinski definition) is 3. The van der Waals surface area contributed by atoms with Crippen LogP contribution in [0.3, 0.4) is 0 Å². The monoisotopic (exact) mass is 365 g/mol. The summed E-state index contributed by atoms with van der Waals surface area (Å²) in [5.41, 5.74) is 7.45. The van der Waals surface area contributed by atoms with Gasteiger partial charge >= 0.3 is 6.03 Å². The van der Waals surface area contributed by atoms with Gasteiger partial charge in [-0.25, -0.2) is 4.79 Å². The Balaban J connectivity index is 1.79. The van der Waals surface area contributed by atoms with Gasteiger partial charge in [0.05, 0.1) is 0 Å². The third-order valence-electron chi connectivity index (χ3n) is 3.35. The van der Waals surface area contributed by atoms with Gasteiger partial charge in [-0.1, -0.05) is 41.4 Å². The maximum Gasteiger partial charge on any atom is 0.316 e. The van der Waals surface area contributed by atoms with Crippen molar-refractivity contribution in [3.05, 3.63) is 63.6 Å². The number of hydrogen-bond acceptors (Lipinski definition) is 2. The average Bonchev–Trinajstić information content (AvgIpc) is 2.53. The summed E-state index contributed by atoms with van der Waals surface area (Å²) in [7, 11) is 0. The molecule has 0 atom stereocenters. The highest BCUT2D eigenvalue weighted by Gasteiger charge is 2.06. The number of aryl methyl sites for hydroxylation is 1. The molecule has 2 rings (SSSR count). The first-order chi connectivity index (χ1) is 11.4. The predicted molar refractivity (Wildman–Crippen MR) is 96.3 cm³/mol. The molecule has 0 heterocycles. The van der Waals surface area contributed by atoms with Crippen molar-refractivity contribution in [1.82, 2.24) is 5.32 Å². The fraction of sp³-hybridized carbons (Fsp3) is 0.176. The molecule has 4 N–H and O–H groups in total. The van der Waals surface area contributed by atoms with Crippen molar-refractivity contribution in [2.24, 2.45) is 5.73 Å². The minimum Gasteiger partial charge on any atom is -0.352 e. The fourth-order valence-electron chi connectivity index (χ4n) is 2.11. The normalized spacial score (nSPS) is 10.2. The second-order valence-electron chi connectivity index (χ2n) is 5.20. The van der Waals surface area contributed by atoms with Gasteiger partial charge in [0.1, 0.15) is 0 Å². The van der Waals surface area contributed by atoms with E-state index in [1.807, 2.05) is 18.2 Å². The molecular weight excluding hydrogens is 349 g/mol. The van der Waals surface area contributed by atoms with Crippen LogP contribution < -0.4 is 16.4 Å². The highest BCUT2D eigenvalue weighted by Crippen LogP contribution is 2.22. The number of benzene rings is 2. The van der Waals surface area contributed by atoms with E-state index in [2.05, 4.69) is 10.6 Å². The second-order valence-corrected chi connectivity index (χ2v) is 6.04. The third-order valence-corrected chi connectivity index (χ3v) is 3.93. The zero-order chi connectivity index (χ0) is 17.5. The Morgan fingerprint density at radius 2 is 1.75 bits per heavy atom. The van der Waals surface area contributed by atoms with Crippen molar-refractivity contribution in [1.29, 1.82) is 0 Å². The van der Waals surface area contributed by atoms with Gasteiger partial charge in [0.2, 0.25) is 5.91 Å². The maximum absolute atomic E-state index is 11.9. The van der Waals surface area contributed by atoms with Crippen LogP contribution in [0.5, 0.6) is 0 Å². The molecule has 0 aromatic heterocycles. The number of nitrogens with one attached hydrogen (secondary N) is 2. The van der Waals surface area contributed by atoms with Crippen molar-refractivity contribution in [2.45, 2.75) is 19.4 Å². The highest BCUT2D eigenvalue weighted by atomic mass is 35.5. The first kappa shape index (κ1) is 18.1. The lowest BCUT2D eigenvalue weighted by Gasteiger charge is -2.08. The van der Waals surface area contributed by atoms with Crippen LogP contribution in [0.15, 0.2) is 42.5 Å². The summed E-state index contributed by atoms with van der Waals surface area (Å²) in [5.74, 6) is -0.0691. The molecule has 0 fully saturated rings. The van der Waals surface area contributed by atoms with Crippen LogP contribution in [-0.4, -0.2) is 11.9 Å². The standard InChI is InChI=1S/C17H17Cl2N3O2/c18-13-5-3-12(15(19)9-13)4-8-16(23)21-10-11-1-6-14(7-2-11)22-17(20)24/h1-3,5-7,9H,4,8,10H2,(H,21,23)(H3,20,22,24). The highest BCUT2D eigenvalue weighted by molar-refractivity contribution is 6.35. The zero-order valence-corrected chi connectivity index (χ0v) is 14.3. The molecule has 7 heteroatoms. The van der Waals surface area contributed by atoms with Crippen LogP contribution in [0, 0.1) is 0 Å². The summed E-state index contributed by atoms with van der Waals surface area (Å²) in [6.07, 6.45) is 0.881. The molecule has 0 spiro atoms. The lowest BCUT2D eigenvalue weighted by Crippen LogP contribution is -2.23. The van der Waals surface area contributed by atoms with Crippen molar-refractivity contribution < 1.29 is 9.59 Å². The van der Waals surface area contributed by atoms with Gasteiger partial charge in [-0.15, -0.1) is 0 Å². The second kappa shape index (κ2) is 8.57. The molecule has 0 unspecified atom stereocenters. The van der Waals surface area contributed by atoms with Crippen molar-refractivity contribution >= 4 is 40.8 Å². The molecule has 126 valence electrons. The van der Waals surface area contributed by atoms with Crippen LogP contribution in [0.25, 0.3) is 0 Å². The summed E-state index contributed by atoms with van der Waals surface area (Å²) in [6, 6.07) is 11.7. The number of halogens is 2. The van der Waals surface area contributed by atoms with Crippen molar-refractivity contribution in [2.75, 3.05) is 5.32 Å². The topological polar surface area (TPSA) is 84.2 Å². The van der Waals surface area contributed by atoms with E-state index in [0.717, 1.165) is 11.1 Å². The SMILES string of the molecule is NC(=O)Nc1ccc(CNC(=O)CCc2ccc(Cl)cc2Cl)cc1. The van der Waals surface area contributed by atoms with Crippen LogP contribution in [0.1, 0.15) is 17.5 Å². The minimum atomic E-state index is -0.614. The van der Waals surface area contributed by atoms with Gasteiger partial charge in [0.15, 0.2) is 0 Å². The van der Waals surface area contributed by atoms with Crippen molar-refractivity contribution in [3.63, 3.8) is 0 Å². The molecule has 3 amide bonds. The smallest absolute Gasteiger partial charge is 0.316 e. The Labute approximate surface area is 150 Å². The molecule has 0 aliphatic heterocycles. The fourth-order valence-corrected chi connectivity index (χ4v) is 2.61. The Morgan fingerprint density at radius 1 is 1.04 bits per heavy atom. The molecule has 0 saturated carbocycles. The third kappa shape index (κ3) is 5.76. The van der Waals surface area contributed by atoms with Gasteiger partial charge in [-0.3, -0.25) is 4.79 Å². The molecule has 24 heavy (non-hydrogen) atoms. The number of nitrogens with two attached hydrogens (primary N) is 1. The van der Waals surface area contributed by atoms with Gasteiger partial charge in [0, 0.05) is 28.7 Å². The van der Waals surface area contributed by atoms with E-state index >= 15 is 0 Å². The molecule has 0 aliphatic rings. The van der Waals surface area contributed by atoms with E-state index in [1.54, 1.807) is 24.3 Å².